The Morgan fingerprint density at radius 1 is 0.930 bits per heavy atom. The van der Waals surface area contributed by atoms with E-state index in [4.69, 9.17) is 18.9 Å². The molecule has 4 rings (SSSR count). The molecule has 0 radical (unpaired) electrons. The van der Waals surface area contributed by atoms with Gasteiger partial charge in [-0.1, -0.05) is 32.8 Å². The van der Waals surface area contributed by atoms with Gasteiger partial charge < -0.3 is 29.0 Å². The van der Waals surface area contributed by atoms with Gasteiger partial charge in [0.1, 0.15) is 11.5 Å². The first-order valence-corrected chi connectivity index (χ1v) is 15.5. The van der Waals surface area contributed by atoms with E-state index in [-0.39, 0.29) is 11.3 Å². The number of ketones is 1. The lowest BCUT2D eigenvalue weighted by Gasteiger charge is -2.29. The molecule has 2 fully saturated rings. The van der Waals surface area contributed by atoms with Crippen LogP contribution in [0.4, 0.5) is 0 Å². The minimum atomic E-state index is -0.775. The van der Waals surface area contributed by atoms with E-state index in [1.54, 1.807) is 30.2 Å². The van der Waals surface area contributed by atoms with Gasteiger partial charge in [0.25, 0.3) is 11.7 Å². The fraction of sp³-hybridized carbons (Fsp3) is 0.529. The number of morpholine rings is 1. The summed E-state index contributed by atoms with van der Waals surface area (Å²) in [4.78, 5) is 31.0. The number of methoxy groups -OCH3 is 1. The van der Waals surface area contributed by atoms with Gasteiger partial charge in [0.05, 0.1) is 45.2 Å². The number of likely N-dealkylation sites (tertiary alicyclic amines) is 1. The molecule has 2 heterocycles. The fourth-order valence-electron chi connectivity index (χ4n) is 5.52. The van der Waals surface area contributed by atoms with Crippen LogP contribution in [0.15, 0.2) is 42.0 Å². The summed E-state index contributed by atoms with van der Waals surface area (Å²) >= 11 is 0. The van der Waals surface area contributed by atoms with Crippen molar-refractivity contribution < 1.29 is 33.6 Å². The van der Waals surface area contributed by atoms with Gasteiger partial charge in [-0.3, -0.25) is 14.5 Å². The molecule has 1 amide bonds. The first-order valence-electron chi connectivity index (χ1n) is 15.5. The van der Waals surface area contributed by atoms with Crippen molar-refractivity contribution >= 4 is 17.4 Å². The van der Waals surface area contributed by atoms with E-state index < -0.39 is 17.7 Å². The molecule has 2 aromatic carbocycles. The fourth-order valence-corrected chi connectivity index (χ4v) is 5.52. The number of nitrogens with zero attached hydrogens (tertiary/aromatic N) is 2. The van der Waals surface area contributed by atoms with E-state index in [1.165, 1.54) is 0 Å². The average Bonchev–Trinajstić information content (AvgIpc) is 3.27. The molecule has 0 aliphatic carbocycles. The van der Waals surface area contributed by atoms with Gasteiger partial charge >= 0.3 is 0 Å². The molecular formula is C34H46N2O7. The molecule has 234 valence electrons. The summed E-state index contributed by atoms with van der Waals surface area (Å²) in [7, 11) is 1.57. The molecule has 1 unspecified atom stereocenters. The maximum absolute atomic E-state index is 13.6. The molecule has 0 bridgehead atoms. The number of aryl methyl sites for hydroxylation is 1. The maximum atomic E-state index is 13.6. The number of carbonyl (C=O) groups is 2. The summed E-state index contributed by atoms with van der Waals surface area (Å²) in [5.41, 5.74) is 1.98. The molecule has 0 spiro atoms. The highest BCUT2D eigenvalue weighted by molar-refractivity contribution is 6.46. The minimum Gasteiger partial charge on any atom is -0.507 e. The number of Topliss-reactive ketones (excluding diaryl/α,β-unsaturated/α-hetero) is 1. The Hall–Kier alpha value is -3.56. The largest absolute Gasteiger partial charge is 0.507 e. The van der Waals surface area contributed by atoms with Crippen LogP contribution < -0.4 is 14.2 Å². The van der Waals surface area contributed by atoms with Gasteiger partial charge in [-0.15, -0.1) is 0 Å². The van der Waals surface area contributed by atoms with E-state index in [1.807, 2.05) is 25.1 Å². The average molecular weight is 595 g/mol. The van der Waals surface area contributed by atoms with Crippen molar-refractivity contribution in [1.29, 1.82) is 0 Å². The second kappa shape index (κ2) is 15.8. The summed E-state index contributed by atoms with van der Waals surface area (Å²) in [6.07, 6.45) is 4.57. The number of unbranched alkanes of at least 4 members (excludes halogenated alkanes) is 2. The highest BCUT2D eigenvalue weighted by Gasteiger charge is 2.46. The number of hydrogen-bond donors (Lipinski definition) is 1. The number of rotatable bonds is 15. The Balaban J connectivity index is 1.70. The zero-order valence-electron chi connectivity index (χ0n) is 26.0. The Labute approximate surface area is 255 Å². The van der Waals surface area contributed by atoms with Crippen LogP contribution in [0.3, 0.4) is 0 Å². The number of ether oxygens (including phenoxy) is 4. The van der Waals surface area contributed by atoms with Crippen LogP contribution in [0, 0.1) is 6.92 Å². The zero-order chi connectivity index (χ0) is 30.8. The van der Waals surface area contributed by atoms with Crippen molar-refractivity contribution in [3.63, 3.8) is 0 Å². The molecule has 2 aliphatic rings. The van der Waals surface area contributed by atoms with Crippen molar-refractivity contribution in [2.75, 3.05) is 59.7 Å². The molecule has 9 heteroatoms. The lowest BCUT2D eigenvalue weighted by molar-refractivity contribution is -0.140. The molecule has 2 aromatic rings. The van der Waals surface area contributed by atoms with E-state index in [0.717, 1.165) is 50.9 Å². The number of hydrogen-bond acceptors (Lipinski definition) is 8. The Morgan fingerprint density at radius 3 is 2.33 bits per heavy atom. The van der Waals surface area contributed by atoms with Crippen LogP contribution in [0.2, 0.25) is 0 Å². The monoisotopic (exact) mass is 594 g/mol. The number of aliphatic hydroxyl groups is 1. The van der Waals surface area contributed by atoms with Gasteiger partial charge in [0.2, 0.25) is 0 Å². The molecule has 2 aliphatic heterocycles. The molecule has 2 saturated heterocycles. The maximum Gasteiger partial charge on any atom is 0.295 e. The van der Waals surface area contributed by atoms with Crippen LogP contribution in [0.5, 0.6) is 17.2 Å². The molecule has 43 heavy (non-hydrogen) atoms. The van der Waals surface area contributed by atoms with Crippen LogP contribution in [-0.2, 0) is 14.3 Å². The predicted molar refractivity (Wildman–Crippen MR) is 166 cm³/mol. The highest BCUT2D eigenvalue weighted by Crippen LogP contribution is 2.42. The Bertz CT molecular complexity index is 1290. The van der Waals surface area contributed by atoms with Crippen molar-refractivity contribution in [3.05, 3.63) is 58.7 Å². The van der Waals surface area contributed by atoms with E-state index in [0.29, 0.717) is 67.8 Å². The van der Waals surface area contributed by atoms with Gasteiger partial charge in [0.15, 0.2) is 11.5 Å². The van der Waals surface area contributed by atoms with E-state index >= 15 is 0 Å². The molecule has 9 nitrogen and oxygen atoms in total. The van der Waals surface area contributed by atoms with Gasteiger partial charge in [-0.25, -0.2) is 0 Å². The van der Waals surface area contributed by atoms with Crippen molar-refractivity contribution in [2.24, 2.45) is 0 Å². The molecule has 0 aromatic heterocycles. The summed E-state index contributed by atoms with van der Waals surface area (Å²) in [6, 6.07) is 10.1. The first-order chi connectivity index (χ1) is 20.9. The van der Waals surface area contributed by atoms with Crippen molar-refractivity contribution in [3.8, 4) is 17.2 Å². The summed E-state index contributed by atoms with van der Waals surface area (Å²) in [5.74, 6) is 0.298. The summed E-state index contributed by atoms with van der Waals surface area (Å²) in [5, 5.41) is 11.7. The standard InChI is InChI=1S/C34H46N2O7/c1-5-7-18-42-26-11-12-27(24(3)22-26)32(37)30-31(25-10-13-28(29(23-25)40-4)43-19-8-6-2)36(34(39)33(30)38)15-9-14-35-16-20-41-21-17-35/h10-13,22-23,31,37H,5-9,14-21H2,1-4H3. The normalized spacial score (nSPS) is 18.7. The summed E-state index contributed by atoms with van der Waals surface area (Å²) < 4.78 is 22.9. The SMILES string of the molecule is CCCCOc1ccc(C(O)=C2C(=O)C(=O)N(CCCN3CCOCC3)C2c2ccc(OCCCC)c(OC)c2)c(C)c1. The Kier molecular flexibility index (Phi) is 11.9. The molecule has 0 saturated carbocycles. The number of benzene rings is 2. The molecule has 1 N–H and O–H groups in total. The topological polar surface area (TPSA) is 97.8 Å². The van der Waals surface area contributed by atoms with Gasteiger partial charge in [-0.05, 0) is 67.6 Å². The quantitative estimate of drug-likeness (QED) is 0.125. The van der Waals surface area contributed by atoms with E-state index in [9.17, 15) is 14.7 Å². The molecule has 1 atom stereocenters. The predicted octanol–water partition coefficient (Wildman–Crippen LogP) is 5.51. The van der Waals surface area contributed by atoms with Gasteiger partial charge in [-0.2, -0.15) is 0 Å². The third kappa shape index (κ3) is 7.89. The van der Waals surface area contributed by atoms with Crippen LogP contribution >= 0.6 is 0 Å². The van der Waals surface area contributed by atoms with Crippen LogP contribution in [0.25, 0.3) is 5.76 Å². The van der Waals surface area contributed by atoms with Crippen LogP contribution in [0.1, 0.15) is 68.7 Å². The number of carbonyl (C=O) groups excluding carboxylic acids is 2. The Morgan fingerprint density at radius 2 is 1.65 bits per heavy atom. The van der Waals surface area contributed by atoms with Crippen molar-refractivity contribution in [1.82, 2.24) is 9.80 Å². The third-order valence-corrected chi connectivity index (χ3v) is 8.00. The van der Waals surface area contributed by atoms with E-state index in [2.05, 4.69) is 18.7 Å². The number of amides is 1. The smallest absolute Gasteiger partial charge is 0.295 e. The van der Waals surface area contributed by atoms with Gasteiger partial charge in [0, 0.05) is 31.7 Å². The first kappa shape index (κ1) is 32.4. The minimum absolute atomic E-state index is 0.0702. The lowest BCUT2D eigenvalue weighted by atomic mass is 9.93. The highest BCUT2D eigenvalue weighted by atomic mass is 16.5. The molecular weight excluding hydrogens is 548 g/mol. The summed E-state index contributed by atoms with van der Waals surface area (Å²) in [6.45, 7) is 11.5. The second-order valence-corrected chi connectivity index (χ2v) is 11.1. The van der Waals surface area contributed by atoms with Crippen molar-refractivity contribution in [2.45, 2.75) is 58.9 Å². The lowest BCUT2D eigenvalue weighted by Crippen LogP contribution is -2.39. The third-order valence-electron chi connectivity index (χ3n) is 8.00. The van der Waals surface area contributed by atoms with Crippen LogP contribution in [-0.4, -0.2) is 86.3 Å². The zero-order valence-corrected chi connectivity index (χ0v) is 26.0. The number of aliphatic hydroxyl groups excluding tert-OH is 1. The second-order valence-electron chi connectivity index (χ2n) is 11.1.